The Hall–Kier alpha value is -0.550. The van der Waals surface area contributed by atoms with Crippen LogP contribution in [0, 0.1) is 0 Å². The van der Waals surface area contributed by atoms with Crippen molar-refractivity contribution in [1.82, 2.24) is 0 Å². The first-order chi connectivity index (χ1) is 9.04. The summed E-state index contributed by atoms with van der Waals surface area (Å²) >= 11 is 3.46. The van der Waals surface area contributed by atoms with Crippen molar-refractivity contribution in [2.24, 2.45) is 0 Å². The fourth-order valence-corrected chi connectivity index (χ4v) is 3.99. The van der Waals surface area contributed by atoms with Crippen LogP contribution in [0.4, 0.5) is 5.69 Å². The molecule has 0 N–H and O–H groups in total. The molecule has 1 atom stereocenters. The maximum atomic E-state index is 11.9. The molecule has 1 aliphatic rings. The van der Waals surface area contributed by atoms with Gasteiger partial charge in [0.1, 0.15) is 0 Å². The molecule has 2 rings (SSSR count). The largest absolute Gasteiger partial charge is 0.367 e. The minimum atomic E-state index is -3.17. The van der Waals surface area contributed by atoms with E-state index in [-0.39, 0.29) is 0 Å². The van der Waals surface area contributed by atoms with E-state index in [4.69, 9.17) is 0 Å². The van der Waals surface area contributed by atoms with Crippen LogP contribution in [0.1, 0.15) is 25.7 Å². The second kappa shape index (κ2) is 6.27. The highest BCUT2D eigenvalue weighted by molar-refractivity contribution is 9.09. The van der Waals surface area contributed by atoms with E-state index in [9.17, 15) is 8.42 Å². The molecule has 19 heavy (non-hydrogen) atoms. The van der Waals surface area contributed by atoms with Crippen LogP contribution in [0.15, 0.2) is 29.2 Å². The van der Waals surface area contributed by atoms with Crippen molar-refractivity contribution < 1.29 is 8.42 Å². The van der Waals surface area contributed by atoms with Gasteiger partial charge >= 0.3 is 0 Å². The summed E-state index contributed by atoms with van der Waals surface area (Å²) in [6.07, 6.45) is 5.83. The molecule has 1 heterocycles. The SMILES string of the molecule is CS(=O)(=O)c1ccccc1N1CCCC1CCCBr. The van der Waals surface area contributed by atoms with Crippen LogP contribution in [-0.4, -0.2) is 32.6 Å². The summed E-state index contributed by atoms with van der Waals surface area (Å²) in [5.41, 5.74) is 0.877. The Morgan fingerprint density at radius 1 is 1.37 bits per heavy atom. The number of halogens is 1. The fourth-order valence-electron chi connectivity index (χ4n) is 2.77. The molecular weight excluding hydrogens is 326 g/mol. The van der Waals surface area contributed by atoms with Gasteiger partial charge in [0.2, 0.25) is 0 Å². The zero-order chi connectivity index (χ0) is 13.9. The van der Waals surface area contributed by atoms with Gasteiger partial charge < -0.3 is 4.90 Å². The van der Waals surface area contributed by atoms with Crippen molar-refractivity contribution in [3.05, 3.63) is 24.3 Å². The summed E-state index contributed by atoms with van der Waals surface area (Å²) in [4.78, 5) is 2.74. The van der Waals surface area contributed by atoms with Gasteiger partial charge in [0.25, 0.3) is 0 Å². The summed E-state index contributed by atoms with van der Waals surface area (Å²) in [5.74, 6) is 0. The zero-order valence-electron chi connectivity index (χ0n) is 11.2. The lowest BCUT2D eigenvalue weighted by Gasteiger charge is -2.28. The van der Waals surface area contributed by atoms with Gasteiger partial charge in [0.05, 0.1) is 10.6 Å². The lowest BCUT2D eigenvalue weighted by Crippen LogP contribution is -2.30. The summed E-state index contributed by atoms with van der Waals surface area (Å²) in [6.45, 7) is 0.958. The molecule has 5 heteroatoms. The molecule has 0 bridgehead atoms. The Labute approximate surface area is 124 Å². The van der Waals surface area contributed by atoms with Crippen LogP contribution in [0.3, 0.4) is 0 Å². The first-order valence-electron chi connectivity index (χ1n) is 6.65. The van der Waals surface area contributed by atoms with E-state index < -0.39 is 9.84 Å². The topological polar surface area (TPSA) is 37.4 Å². The van der Waals surface area contributed by atoms with E-state index >= 15 is 0 Å². The van der Waals surface area contributed by atoms with Gasteiger partial charge in [-0.25, -0.2) is 8.42 Å². The molecule has 0 saturated carbocycles. The third-order valence-electron chi connectivity index (χ3n) is 3.62. The third-order valence-corrected chi connectivity index (χ3v) is 5.33. The number of alkyl halides is 1. The molecule has 0 spiro atoms. The number of hydrogen-bond donors (Lipinski definition) is 0. The lowest BCUT2D eigenvalue weighted by atomic mass is 10.1. The summed E-state index contributed by atoms with van der Waals surface area (Å²) in [5, 5.41) is 1.01. The highest BCUT2D eigenvalue weighted by Crippen LogP contribution is 2.32. The molecule has 0 aliphatic carbocycles. The molecule has 3 nitrogen and oxygen atoms in total. The molecule has 106 valence electrons. The number of benzene rings is 1. The first-order valence-corrected chi connectivity index (χ1v) is 9.67. The van der Waals surface area contributed by atoms with Crippen molar-refractivity contribution in [3.63, 3.8) is 0 Å². The van der Waals surface area contributed by atoms with Crippen LogP contribution >= 0.6 is 15.9 Å². The monoisotopic (exact) mass is 345 g/mol. The van der Waals surface area contributed by atoms with E-state index in [0.717, 1.165) is 43.2 Å². The zero-order valence-corrected chi connectivity index (χ0v) is 13.6. The van der Waals surface area contributed by atoms with Crippen LogP contribution in [0.5, 0.6) is 0 Å². The second-order valence-electron chi connectivity index (χ2n) is 5.06. The average molecular weight is 346 g/mol. The Kier molecular flexibility index (Phi) is 4.90. The van der Waals surface area contributed by atoms with Crippen molar-refractivity contribution in [1.29, 1.82) is 0 Å². The number of rotatable bonds is 5. The molecule has 0 amide bonds. The summed E-state index contributed by atoms with van der Waals surface area (Å²) < 4.78 is 23.8. The molecule has 0 radical (unpaired) electrons. The Balaban J connectivity index is 2.31. The molecule has 1 unspecified atom stereocenters. The van der Waals surface area contributed by atoms with Crippen LogP contribution in [0.25, 0.3) is 0 Å². The molecule has 1 aromatic carbocycles. The second-order valence-corrected chi connectivity index (χ2v) is 7.84. The first kappa shape index (κ1) is 14.9. The van der Waals surface area contributed by atoms with Crippen molar-refractivity contribution in [2.45, 2.75) is 36.6 Å². The average Bonchev–Trinajstić information content (AvgIpc) is 2.83. The number of hydrogen-bond acceptors (Lipinski definition) is 3. The van der Waals surface area contributed by atoms with Gasteiger partial charge in [-0.15, -0.1) is 0 Å². The van der Waals surface area contributed by atoms with Gasteiger partial charge in [0, 0.05) is 24.2 Å². The Morgan fingerprint density at radius 2 is 2.11 bits per heavy atom. The standard InChI is InChI=1S/C14H20BrNO2S/c1-19(17,18)14-9-3-2-8-13(14)16-11-5-7-12(16)6-4-10-15/h2-3,8-9,12H,4-7,10-11H2,1H3. The van der Waals surface area contributed by atoms with Gasteiger partial charge in [-0.1, -0.05) is 28.1 Å². The van der Waals surface area contributed by atoms with Crippen molar-refractivity contribution >= 4 is 31.5 Å². The van der Waals surface area contributed by atoms with E-state index in [1.54, 1.807) is 12.1 Å². The number of sulfone groups is 1. The maximum absolute atomic E-state index is 11.9. The molecule has 1 fully saturated rings. The fraction of sp³-hybridized carbons (Fsp3) is 0.571. The van der Waals surface area contributed by atoms with E-state index in [1.165, 1.54) is 6.26 Å². The van der Waals surface area contributed by atoms with Gasteiger partial charge in [0.15, 0.2) is 9.84 Å². The normalized spacial score (nSPS) is 19.9. The molecule has 1 aromatic rings. The molecular formula is C14H20BrNO2S. The Morgan fingerprint density at radius 3 is 2.79 bits per heavy atom. The van der Waals surface area contributed by atoms with E-state index in [0.29, 0.717) is 10.9 Å². The van der Waals surface area contributed by atoms with Crippen molar-refractivity contribution in [3.8, 4) is 0 Å². The van der Waals surface area contributed by atoms with Crippen LogP contribution in [0.2, 0.25) is 0 Å². The highest BCUT2D eigenvalue weighted by atomic mass is 79.9. The van der Waals surface area contributed by atoms with Crippen LogP contribution in [-0.2, 0) is 9.84 Å². The third kappa shape index (κ3) is 3.51. The number of para-hydroxylation sites is 1. The van der Waals surface area contributed by atoms with Gasteiger partial charge in [-0.3, -0.25) is 0 Å². The van der Waals surface area contributed by atoms with Gasteiger partial charge in [-0.2, -0.15) is 0 Å². The summed E-state index contributed by atoms with van der Waals surface area (Å²) in [7, 11) is -3.17. The maximum Gasteiger partial charge on any atom is 0.177 e. The van der Waals surface area contributed by atoms with Gasteiger partial charge in [-0.05, 0) is 37.8 Å². The number of anilines is 1. The molecule has 1 aliphatic heterocycles. The van der Waals surface area contributed by atoms with E-state index in [1.807, 2.05) is 12.1 Å². The minimum absolute atomic E-state index is 0.459. The highest BCUT2D eigenvalue weighted by Gasteiger charge is 2.27. The van der Waals surface area contributed by atoms with Crippen molar-refractivity contribution in [2.75, 3.05) is 23.0 Å². The smallest absolute Gasteiger partial charge is 0.177 e. The number of nitrogens with zero attached hydrogens (tertiary/aromatic N) is 1. The molecule has 0 aromatic heterocycles. The summed E-state index contributed by atoms with van der Waals surface area (Å²) in [6, 6.07) is 7.83. The predicted molar refractivity (Wildman–Crippen MR) is 82.9 cm³/mol. The Bertz CT molecular complexity index is 530. The predicted octanol–water partition coefficient (Wildman–Crippen LogP) is 3.23. The minimum Gasteiger partial charge on any atom is -0.367 e. The van der Waals surface area contributed by atoms with E-state index in [2.05, 4.69) is 20.8 Å². The lowest BCUT2D eigenvalue weighted by molar-refractivity contribution is 0.592. The van der Waals surface area contributed by atoms with Crippen LogP contribution < -0.4 is 4.90 Å². The molecule has 1 saturated heterocycles. The quantitative estimate of drug-likeness (QED) is 0.768.